The Hall–Kier alpha value is -1.59. The number of ether oxygens (including phenoxy) is 2. The molecule has 1 aromatic carbocycles. The molecule has 0 spiro atoms. The molecule has 0 aliphatic carbocycles. The topological polar surface area (TPSA) is 59.0 Å². The van der Waals surface area contributed by atoms with Crippen LogP contribution < -0.4 is 9.64 Å². The molecule has 1 aliphatic heterocycles. The van der Waals surface area contributed by atoms with Crippen molar-refractivity contribution < 1.29 is 19.4 Å². The summed E-state index contributed by atoms with van der Waals surface area (Å²) in [6.07, 6.45) is 0. The third-order valence-corrected chi connectivity index (χ3v) is 2.81. The molecule has 0 aromatic heterocycles. The highest BCUT2D eigenvalue weighted by Crippen LogP contribution is 2.23. The van der Waals surface area contributed by atoms with Crippen LogP contribution in [0.15, 0.2) is 24.3 Å². The van der Waals surface area contributed by atoms with Gasteiger partial charge in [0.05, 0.1) is 25.9 Å². The van der Waals surface area contributed by atoms with E-state index in [1.165, 1.54) is 0 Å². The van der Waals surface area contributed by atoms with Crippen molar-refractivity contribution in [3.8, 4) is 5.75 Å². The van der Waals surface area contributed by atoms with Crippen LogP contribution in [0, 0.1) is 0 Å². The van der Waals surface area contributed by atoms with Gasteiger partial charge >= 0.3 is 0 Å². The van der Waals surface area contributed by atoms with Crippen LogP contribution in [0.25, 0.3) is 0 Å². The molecule has 1 N–H and O–H groups in total. The molecule has 1 atom stereocenters. The van der Waals surface area contributed by atoms with Crippen molar-refractivity contribution in [2.75, 3.05) is 31.3 Å². The number of hydrogen-bond donors (Lipinski definition) is 1. The first-order chi connectivity index (χ1) is 8.76. The zero-order valence-corrected chi connectivity index (χ0v) is 10.3. The number of morpholine rings is 1. The number of benzene rings is 1. The lowest BCUT2D eigenvalue weighted by atomic mass is 10.2. The van der Waals surface area contributed by atoms with E-state index in [1.807, 2.05) is 31.2 Å². The molecule has 5 heteroatoms. The quantitative estimate of drug-likeness (QED) is 0.860. The number of aliphatic hydroxyl groups is 1. The standard InChI is InChI=1S/C13H17NO4/c1-2-18-12-5-3-10(4-6-12)14-11(7-15)8-17-9-13(14)16/h3-6,11,15H,2,7-9H2,1H3. The van der Waals surface area contributed by atoms with E-state index in [2.05, 4.69) is 0 Å². The Morgan fingerprint density at radius 3 is 2.78 bits per heavy atom. The molecule has 5 nitrogen and oxygen atoms in total. The lowest BCUT2D eigenvalue weighted by molar-refractivity contribution is -0.128. The largest absolute Gasteiger partial charge is 0.494 e. The highest BCUT2D eigenvalue weighted by atomic mass is 16.5. The van der Waals surface area contributed by atoms with Crippen LogP contribution in [-0.2, 0) is 9.53 Å². The van der Waals surface area contributed by atoms with Crippen LogP contribution in [0.3, 0.4) is 0 Å². The summed E-state index contributed by atoms with van der Waals surface area (Å²) < 4.78 is 10.5. The van der Waals surface area contributed by atoms with E-state index < -0.39 is 0 Å². The van der Waals surface area contributed by atoms with Crippen molar-refractivity contribution in [3.63, 3.8) is 0 Å². The van der Waals surface area contributed by atoms with E-state index in [0.29, 0.717) is 13.2 Å². The van der Waals surface area contributed by atoms with Gasteiger partial charge in [-0.25, -0.2) is 0 Å². The molecule has 1 heterocycles. The van der Waals surface area contributed by atoms with E-state index in [0.717, 1.165) is 11.4 Å². The summed E-state index contributed by atoms with van der Waals surface area (Å²) in [7, 11) is 0. The van der Waals surface area contributed by atoms with Gasteiger partial charge in [0.2, 0.25) is 0 Å². The second kappa shape index (κ2) is 5.84. The second-order valence-corrected chi connectivity index (χ2v) is 4.04. The molecule has 1 unspecified atom stereocenters. The summed E-state index contributed by atoms with van der Waals surface area (Å²) in [6, 6.07) is 6.95. The Morgan fingerprint density at radius 2 is 2.17 bits per heavy atom. The van der Waals surface area contributed by atoms with Gasteiger partial charge in [-0.1, -0.05) is 0 Å². The molecule has 18 heavy (non-hydrogen) atoms. The molecule has 98 valence electrons. The van der Waals surface area contributed by atoms with Gasteiger partial charge in [0.15, 0.2) is 0 Å². The smallest absolute Gasteiger partial charge is 0.253 e. The van der Waals surface area contributed by atoms with Crippen LogP contribution in [-0.4, -0.2) is 43.5 Å². The van der Waals surface area contributed by atoms with Gasteiger partial charge < -0.3 is 19.5 Å². The molecular weight excluding hydrogens is 234 g/mol. The summed E-state index contributed by atoms with van der Waals surface area (Å²) >= 11 is 0. The van der Waals surface area contributed by atoms with E-state index in [4.69, 9.17) is 9.47 Å². The number of anilines is 1. The van der Waals surface area contributed by atoms with Gasteiger partial charge in [0.1, 0.15) is 12.4 Å². The van der Waals surface area contributed by atoms with Crippen LogP contribution in [0.4, 0.5) is 5.69 Å². The number of carbonyl (C=O) groups is 1. The molecule has 1 amide bonds. The molecule has 1 saturated heterocycles. The average molecular weight is 251 g/mol. The number of aliphatic hydroxyl groups excluding tert-OH is 1. The van der Waals surface area contributed by atoms with E-state index in [-0.39, 0.29) is 25.2 Å². The number of carbonyl (C=O) groups excluding carboxylic acids is 1. The molecule has 1 fully saturated rings. The third-order valence-electron chi connectivity index (χ3n) is 2.81. The maximum absolute atomic E-state index is 11.8. The van der Waals surface area contributed by atoms with E-state index in [1.54, 1.807) is 4.90 Å². The fraction of sp³-hybridized carbons (Fsp3) is 0.462. The Bertz CT molecular complexity index is 404. The zero-order chi connectivity index (χ0) is 13.0. The highest BCUT2D eigenvalue weighted by Gasteiger charge is 2.29. The number of hydrogen-bond acceptors (Lipinski definition) is 4. The van der Waals surface area contributed by atoms with Crippen LogP contribution >= 0.6 is 0 Å². The van der Waals surface area contributed by atoms with Crippen molar-refractivity contribution in [2.45, 2.75) is 13.0 Å². The van der Waals surface area contributed by atoms with Gasteiger partial charge in [0.25, 0.3) is 5.91 Å². The first-order valence-corrected chi connectivity index (χ1v) is 5.99. The maximum Gasteiger partial charge on any atom is 0.253 e. The van der Waals surface area contributed by atoms with Crippen LogP contribution in [0.1, 0.15) is 6.92 Å². The summed E-state index contributed by atoms with van der Waals surface area (Å²) in [5.74, 6) is 0.631. The molecule has 2 rings (SSSR count). The number of amides is 1. The SMILES string of the molecule is CCOc1ccc(N2C(=O)COCC2CO)cc1. The second-order valence-electron chi connectivity index (χ2n) is 4.04. The Balaban J connectivity index is 2.19. The van der Waals surface area contributed by atoms with Gasteiger partial charge in [-0.2, -0.15) is 0 Å². The van der Waals surface area contributed by atoms with Gasteiger partial charge in [-0.15, -0.1) is 0 Å². The fourth-order valence-corrected chi connectivity index (χ4v) is 1.99. The molecule has 0 saturated carbocycles. The predicted octanol–water partition coefficient (Wildman–Crippen LogP) is 0.809. The minimum atomic E-state index is -0.316. The molecular formula is C13H17NO4. The Kier molecular flexibility index (Phi) is 4.17. The molecule has 1 aliphatic rings. The summed E-state index contributed by atoms with van der Waals surface area (Å²) in [4.78, 5) is 13.4. The Morgan fingerprint density at radius 1 is 1.44 bits per heavy atom. The number of rotatable bonds is 4. The monoisotopic (exact) mass is 251 g/mol. The fourth-order valence-electron chi connectivity index (χ4n) is 1.99. The first kappa shape index (κ1) is 12.9. The number of nitrogens with zero attached hydrogens (tertiary/aromatic N) is 1. The first-order valence-electron chi connectivity index (χ1n) is 5.99. The summed E-state index contributed by atoms with van der Waals surface area (Å²) in [6.45, 7) is 2.83. The minimum absolute atomic E-state index is 0.0592. The minimum Gasteiger partial charge on any atom is -0.494 e. The summed E-state index contributed by atoms with van der Waals surface area (Å²) in [5, 5.41) is 9.28. The molecule has 0 radical (unpaired) electrons. The van der Waals surface area contributed by atoms with E-state index in [9.17, 15) is 9.90 Å². The molecule has 0 bridgehead atoms. The van der Waals surface area contributed by atoms with Crippen molar-refractivity contribution >= 4 is 11.6 Å². The normalized spacial score (nSPS) is 20.0. The van der Waals surface area contributed by atoms with Crippen molar-refractivity contribution in [2.24, 2.45) is 0 Å². The Labute approximate surface area is 106 Å². The van der Waals surface area contributed by atoms with Crippen molar-refractivity contribution in [1.29, 1.82) is 0 Å². The maximum atomic E-state index is 11.8. The zero-order valence-electron chi connectivity index (χ0n) is 10.3. The van der Waals surface area contributed by atoms with Crippen LogP contribution in [0.2, 0.25) is 0 Å². The predicted molar refractivity (Wildman–Crippen MR) is 66.8 cm³/mol. The van der Waals surface area contributed by atoms with Crippen molar-refractivity contribution in [1.82, 2.24) is 0 Å². The van der Waals surface area contributed by atoms with Gasteiger partial charge in [-0.3, -0.25) is 4.79 Å². The van der Waals surface area contributed by atoms with E-state index >= 15 is 0 Å². The van der Waals surface area contributed by atoms with Gasteiger partial charge in [0, 0.05) is 5.69 Å². The lowest BCUT2D eigenvalue weighted by Gasteiger charge is -2.34. The van der Waals surface area contributed by atoms with Crippen molar-refractivity contribution in [3.05, 3.63) is 24.3 Å². The lowest BCUT2D eigenvalue weighted by Crippen LogP contribution is -2.51. The highest BCUT2D eigenvalue weighted by molar-refractivity contribution is 5.95. The van der Waals surface area contributed by atoms with Crippen LogP contribution in [0.5, 0.6) is 5.75 Å². The van der Waals surface area contributed by atoms with Gasteiger partial charge in [-0.05, 0) is 31.2 Å². The molecule has 1 aromatic rings. The summed E-state index contributed by atoms with van der Waals surface area (Å²) in [5.41, 5.74) is 0.755. The average Bonchev–Trinajstić information content (AvgIpc) is 2.40. The third kappa shape index (κ3) is 2.63.